The van der Waals surface area contributed by atoms with Crippen LogP contribution in [0, 0.1) is 0 Å². The fraction of sp³-hybridized carbons (Fsp3) is 0.360. The number of rotatable bonds is 10. The molecule has 1 aliphatic heterocycles. The molecular formula is C25H29NO7. The maximum absolute atomic E-state index is 13.0. The number of Topliss-reactive ketones (excluding diaryl/α,β-unsaturated/α-hetero) is 1. The molecule has 0 radical (unpaired) electrons. The van der Waals surface area contributed by atoms with E-state index in [4.69, 9.17) is 18.9 Å². The molecule has 1 atom stereocenters. The van der Waals surface area contributed by atoms with Gasteiger partial charge in [-0.15, -0.1) is 0 Å². The Morgan fingerprint density at radius 2 is 1.67 bits per heavy atom. The molecule has 1 aliphatic rings. The van der Waals surface area contributed by atoms with Gasteiger partial charge in [0.05, 0.1) is 39.0 Å². The van der Waals surface area contributed by atoms with Gasteiger partial charge in [-0.05, 0) is 48.4 Å². The number of hydrogen-bond donors (Lipinski definition) is 1. The van der Waals surface area contributed by atoms with E-state index >= 15 is 0 Å². The van der Waals surface area contributed by atoms with Crippen LogP contribution in [0.5, 0.6) is 17.2 Å². The molecule has 0 spiro atoms. The number of ether oxygens (including phenoxy) is 4. The summed E-state index contributed by atoms with van der Waals surface area (Å²) in [6.07, 6.45) is 0.873. The van der Waals surface area contributed by atoms with Crippen LogP contribution in [-0.4, -0.2) is 62.8 Å². The highest BCUT2D eigenvalue weighted by atomic mass is 16.5. The molecule has 1 amide bonds. The average molecular weight is 456 g/mol. The fourth-order valence-electron chi connectivity index (χ4n) is 3.75. The van der Waals surface area contributed by atoms with Gasteiger partial charge in [0.1, 0.15) is 11.5 Å². The number of ketones is 1. The Labute approximate surface area is 193 Å². The van der Waals surface area contributed by atoms with E-state index in [1.165, 1.54) is 26.2 Å². The topological polar surface area (TPSA) is 94.5 Å². The molecule has 33 heavy (non-hydrogen) atoms. The second-order valence-corrected chi connectivity index (χ2v) is 7.47. The second kappa shape index (κ2) is 10.9. The maximum atomic E-state index is 13.0. The van der Waals surface area contributed by atoms with Crippen LogP contribution in [0.25, 0.3) is 5.76 Å². The Balaban J connectivity index is 2.10. The van der Waals surface area contributed by atoms with E-state index in [1.54, 1.807) is 42.5 Å². The number of aliphatic hydroxyl groups is 1. The summed E-state index contributed by atoms with van der Waals surface area (Å²) in [5, 5.41) is 11.1. The predicted octanol–water partition coefficient (Wildman–Crippen LogP) is 3.56. The number of hydrogen-bond acceptors (Lipinski definition) is 7. The van der Waals surface area contributed by atoms with Gasteiger partial charge in [-0.2, -0.15) is 0 Å². The van der Waals surface area contributed by atoms with E-state index in [1.807, 2.05) is 6.92 Å². The van der Waals surface area contributed by atoms with Gasteiger partial charge >= 0.3 is 0 Å². The summed E-state index contributed by atoms with van der Waals surface area (Å²) in [6, 6.07) is 11.1. The first-order valence-electron chi connectivity index (χ1n) is 10.7. The van der Waals surface area contributed by atoms with Crippen molar-refractivity contribution in [2.24, 2.45) is 0 Å². The zero-order chi connectivity index (χ0) is 24.0. The number of carbonyl (C=O) groups excluding carboxylic acids is 2. The number of nitrogens with zero attached hydrogens (tertiary/aromatic N) is 1. The molecule has 1 N–H and O–H groups in total. The van der Waals surface area contributed by atoms with Gasteiger partial charge in [0, 0.05) is 19.2 Å². The van der Waals surface area contributed by atoms with Crippen molar-refractivity contribution in [3.63, 3.8) is 0 Å². The van der Waals surface area contributed by atoms with Crippen molar-refractivity contribution >= 4 is 17.4 Å². The second-order valence-electron chi connectivity index (χ2n) is 7.47. The van der Waals surface area contributed by atoms with Crippen molar-refractivity contribution in [2.45, 2.75) is 19.4 Å². The minimum atomic E-state index is -0.809. The first kappa shape index (κ1) is 24.1. The quantitative estimate of drug-likeness (QED) is 0.333. The standard InChI is InChI=1S/C25H29NO7/c1-5-13-33-18-9-6-16(7-10-18)23(27)21-22(26(12-14-30-2)25(29)24(21)28)17-8-11-19(31-3)20(15-17)32-4/h6-11,15,22,27H,5,12-14H2,1-4H3/b23-21-. The van der Waals surface area contributed by atoms with Crippen LogP contribution >= 0.6 is 0 Å². The average Bonchev–Trinajstić information content (AvgIpc) is 3.10. The third kappa shape index (κ3) is 4.96. The number of likely N-dealkylation sites (tertiary alicyclic amines) is 1. The van der Waals surface area contributed by atoms with Gasteiger partial charge in [0.15, 0.2) is 11.5 Å². The van der Waals surface area contributed by atoms with Gasteiger partial charge in [-0.3, -0.25) is 9.59 Å². The van der Waals surface area contributed by atoms with E-state index in [9.17, 15) is 14.7 Å². The molecule has 2 aromatic carbocycles. The zero-order valence-electron chi connectivity index (χ0n) is 19.3. The van der Waals surface area contributed by atoms with E-state index in [0.29, 0.717) is 35.0 Å². The van der Waals surface area contributed by atoms with E-state index in [2.05, 4.69) is 0 Å². The van der Waals surface area contributed by atoms with Crippen LogP contribution in [-0.2, 0) is 14.3 Å². The van der Waals surface area contributed by atoms with Gasteiger partial charge in [0.2, 0.25) is 0 Å². The van der Waals surface area contributed by atoms with Crippen LogP contribution in [0.3, 0.4) is 0 Å². The highest BCUT2D eigenvalue weighted by molar-refractivity contribution is 6.46. The summed E-state index contributed by atoms with van der Waals surface area (Å²) < 4.78 is 21.4. The van der Waals surface area contributed by atoms with E-state index < -0.39 is 17.7 Å². The number of carbonyl (C=O) groups is 2. The minimum absolute atomic E-state index is 0.00514. The van der Waals surface area contributed by atoms with Crippen molar-refractivity contribution in [1.29, 1.82) is 0 Å². The Morgan fingerprint density at radius 1 is 0.970 bits per heavy atom. The normalized spacial score (nSPS) is 17.3. The number of aliphatic hydroxyl groups excluding tert-OH is 1. The summed E-state index contributed by atoms with van der Waals surface area (Å²) in [4.78, 5) is 27.3. The van der Waals surface area contributed by atoms with Crippen LogP contribution in [0.15, 0.2) is 48.0 Å². The molecule has 0 aromatic heterocycles. The minimum Gasteiger partial charge on any atom is -0.507 e. The molecule has 1 saturated heterocycles. The fourth-order valence-corrected chi connectivity index (χ4v) is 3.75. The van der Waals surface area contributed by atoms with Crippen LogP contribution < -0.4 is 14.2 Å². The third-order valence-corrected chi connectivity index (χ3v) is 5.40. The van der Waals surface area contributed by atoms with E-state index in [-0.39, 0.29) is 24.5 Å². The molecule has 176 valence electrons. The molecule has 3 rings (SSSR count). The first-order valence-corrected chi connectivity index (χ1v) is 10.7. The molecule has 1 unspecified atom stereocenters. The lowest BCUT2D eigenvalue weighted by Gasteiger charge is -2.25. The van der Waals surface area contributed by atoms with E-state index in [0.717, 1.165) is 6.42 Å². The van der Waals surface area contributed by atoms with Crippen LogP contribution in [0.4, 0.5) is 0 Å². The monoisotopic (exact) mass is 455 g/mol. The molecule has 0 bridgehead atoms. The van der Waals surface area contributed by atoms with Crippen molar-refractivity contribution in [1.82, 2.24) is 4.90 Å². The molecule has 8 heteroatoms. The number of benzene rings is 2. The molecule has 2 aromatic rings. The first-order chi connectivity index (χ1) is 16.0. The van der Waals surface area contributed by atoms with Gasteiger partial charge in [0.25, 0.3) is 11.7 Å². The number of methoxy groups -OCH3 is 3. The Hall–Kier alpha value is -3.52. The Morgan fingerprint density at radius 3 is 2.27 bits per heavy atom. The van der Waals surface area contributed by atoms with Gasteiger partial charge < -0.3 is 29.0 Å². The summed E-state index contributed by atoms with van der Waals surface area (Å²) in [5.41, 5.74) is 1.02. The summed E-state index contributed by atoms with van der Waals surface area (Å²) >= 11 is 0. The highest BCUT2D eigenvalue weighted by Crippen LogP contribution is 2.41. The predicted molar refractivity (Wildman–Crippen MR) is 123 cm³/mol. The largest absolute Gasteiger partial charge is 0.507 e. The lowest BCUT2D eigenvalue weighted by atomic mass is 9.95. The molecule has 0 aliphatic carbocycles. The lowest BCUT2D eigenvalue weighted by molar-refractivity contribution is -0.140. The van der Waals surface area contributed by atoms with Crippen molar-refractivity contribution < 1.29 is 33.6 Å². The van der Waals surface area contributed by atoms with Gasteiger partial charge in [-0.1, -0.05) is 13.0 Å². The molecule has 1 heterocycles. The Kier molecular flexibility index (Phi) is 7.95. The Bertz CT molecular complexity index is 1030. The van der Waals surface area contributed by atoms with Crippen molar-refractivity contribution in [3.05, 3.63) is 59.2 Å². The molecular weight excluding hydrogens is 426 g/mol. The summed E-state index contributed by atoms with van der Waals surface area (Å²) in [5.74, 6) is -0.0889. The molecule has 1 fully saturated rings. The highest BCUT2D eigenvalue weighted by Gasteiger charge is 2.46. The van der Waals surface area contributed by atoms with Gasteiger partial charge in [-0.25, -0.2) is 0 Å². The van der Waals surface area contributed by atoms with Crippen molar-refractivity contribution in [3.8, 4) is 17.2 Å². The zero-order valence-corrected chi connectivity index (χ0v) is 19.3. The molecule has 0 saturated carbocycles. The summed E-state index contributed by atoms with van der Waals surface area (Å²) in [7, 11) is 4.55. The number of amides is 1. The van der Waals surface area contributed by atoms with Crippen molar-refractivity contribution in [2.75, 3.05) is 41.1 Å². The maximum Gasteiger partial charge on any atom is 0.295 e. The smallest absolute Gasteiger partial charge is 0.295 e. The molecule has 8 nitrogen and oxygen atoms in total. The van der Waals surface area contributed by atoms with Crippen LogP contribution in [0.2, 0.25) is 0 Å². The third-order valence-electron chi connectivity index (χ3n) is 5.40. The summed E-state index contributed by atoms with van der Waals surface area (Å²) in [6.45, 7) is 3.01. The lowest BCUT2D eigenvalue weighted by Crippen LogP contribution is -2.32. The van der Waals surface area contributed by atoms with Crippen LogP contribution in [0.1, 0.15) is 30.5 Å². The SMILES string of the molecule is CCCOc1ccc(/C(O)=C2/C(=O)C(=O)N(CCOC)C2c2ccc(OC)c(OC)c2)cc1.